The Morgan fingerprint density at radius 2 is 2.11 bits per heavy atom. The summed E-state index contributed by atoms with van der Waals surface area (Å²) < 4.78 is 5.42. The Morgan fingerprint density at radius 3 is 2.72 bits per heavy atom. The molecule has 0 saturated carbocycles. The van der Waals surface area contributed by atoms with Crippen LogP contribution in [0.15, 0.2) is 40.8 Å². The minimum absolute atomic E-state index is 0.0862. The number of hydrogen-bond donors (Lipinski definition) is 1. The zero-order valence-electron chi connectivity index (χ0n) is 10.4. The van der Waals surface area contributed by atoms with Gasteiger partial charge in [0.15, 0.2) is 0 Å². The van der Waals surface area contributed by atoms with Gasteiger partial charge < -0.3 is 14.4 Å². The average molecular weight is 245 g/mol. The van der Waals surface area contributed by atoms with E-state index in [9.17, 15) is 9.90 Å². The second-order valence-electron chi connectivity index (χ2n) is 4.22. The number of furan rings is 1. The highest BCUT2D eigenvalue weighted by atomic mass is 16.3. The lowest BCUT2D eigenvalue weighted by molar-refractivity contribution is 0.0774. The van der Waals surface area contributed by atoms with E-state index in [1.165, 1.54) is 12.1 Å². The molecule has 4 nitrogen and oxygen atoms in total. The summed E-state index contributed by atoms with van der Waals surface area (Å²) in [5.74, 6) is 1.50. The van der Waals surface area contributed by atoms with E-state index in [0.717, 1.165) is 11.5 Å². The van der Waals surface area contributed by atoms with E-state index in [0.29, 0.717) is 12.1 Å². The molecule has 2 rings (SSSR count). The number of carbonyl (C=O) groups is 1. The molecular weight excluding hydrogens is 230 g/mol. The first-order valence-electron chi connectivity index (χ1n) is 5.66. The molecule has 0 spiro atoms. The van der Waals surface area contributed by atoms with Gasteiger partial charge in [-0.25, -0.2) is 0 Å². The van der Waals surface area contributed by atoms with Crippen LogP contribution in [0.25, 0.3) is 0 Å². The van der Waals surface area contributed by atoms with E-state index in [1.54, 1.807) is 24.1 Å². The largest absolute Gasteiger partial charge is 0.508 e. The molecule has 2 aromatic rings. The summed E-state index contributed by atoms with van der Waals surface area (Å²) in [4.78, 5) is 13.6. The predicted octanol–water partition coefficient (Wildman–Crippen LogP) is 2.57. The number of aryl methyl sites for hydroxylation is 1. The van der Waals surface area contributed by atoms with Crippen molar-refractivity contribution in [1.82, 2.24) is 4.90 Å². The number of phenols is 1. The molecule has 18 heavy (non-hydrogen) atoms. The molecule has 0 radical (unpaired) electrons. The Labute approximate surface area is 105 Å². The Kier molecular flexibility index (Phi) is 3.37. The van der Waals surface area contributed by atoms with Crippen molar-refractivity contribution in [3.05, 3.63) is 53.5 Å². The van der Waals surface area contributed by atoms with Gasteiger partial charge in [-0.15, -0.1) is 0 Å². The number of carbonyl (C=O) groups excluding carboxylic acids is 1. The smallest absolute Gasteiger partial charge is 0.254 e. The van der Waals surface area contributed by atoms with E-state index in [1.807, 2.05) is 19.1 Å². The van der Waals surface area contributed by atoms with Crippen molar-refractivity contribution in [3.8, 4) is 5.75 Å². The molecule has 0 aliphatic heterocycles. The first kappa shape index (κ1) is 12.2. The third kappa shape index (κ3) is 2.71. The number of nitrogens with zero attached hydrogens (tertiary/aromatic N) is 1. The molecule has 0 fully saturated rings. The maximum atomic E-state index is 12.1. The lowest BCUT2D eigenvalue weighted by Crippen LogP contribution is -2.25. The number of rotatable bonds is 3. The van der Waals surface area contributed by atoms with Crippen molar-refractivity contribution in [1.29, 1.82) is 0 Å². The summed E-state index contributed by atoms with van der Waals surface area (Å²) in [6.45, 7) is 2.27. The fourth-order valence-electron chi connectivity index (χ4n) is 1.73. The molecule has 1 N–H and O–H groups in total. The van der Waals surface area contributed by atoms with Gasteiger partial charge in [-0.05, 0) is 37.3 Å². The molecule has 0 unspecified atom stereocenters. The van der Waals surface area contributed by atoms with Crippen LogP contribution in [0.4, 0.5) is 0 Å². The van der Waals surface area contributed by atoms with Gasteiger partial charge in [0.05, 0.1) is 6.54 Å². The van der Waals surface area contributed by atoms with E-state index in [-0.39, 0.29) is 11.7 Å². The normalized spacial score (nSPS) is 10.3. The number of benzene rings is 1. The van der Waals surface area contributed by atoms with Crippen LogP contribution in [0.5, 0.6) is 5.75 Å². The summed E-state index contributed by atoms with van der Waals surface area (Å²) >= 11 is 0. The molecule has 0 saturated heterocycles. The molecule has 0 bridgehead atoms. The quantitative estimate of drug-likeness (QED) is 0.904. The maximum absolute atomic E-state index is 12.1. The van der Waals surface area contributed by atoms with Gasteiger partial charge in [-0.1, -0.05) is 6.07 Å². The molecule has 94 valence electrons. The minimum Gasteiger partial charge on any atom is -0.508 e. The van der Waals surface area contributed by atoms with Crippen molar-refractivity contribution in [2.75, 3.05) is 7.05 Å². The Bertz CT molecular complexity index is 560. The highest BCUT2D eigenvalue weighted by molar-refractivity contribution is 5.94. The Morgan fingerprint density at radius 1 is 1.33 bits per heavy atom. The third-order valence-corrected chi connectivity index (χ3v) is 2.63. The fraction of sp³-hybridized carbons (Fsp3) is 0.214. The topological polar surface area (TPSA) is 53.7 Å². The van der Waals surface area contributed by atoms with Crippen molar-refractivity contribution in [2.24, 2.45) is 0 Å². The first-order valence-corrected chi connectivity index (χ1v) is 5.66. The average Bonchev–Trinajstić information content (AvgIpc) is 2.73. The number of phenolic OH excluding ortho intramolecular Hbond substituents is 1. The van der Waals surface area contributed by atoms with Gasteiger partial charge in [-0.3, -0.25) is 4.79 Å². The second kappa shape index (κ2) is 4.96. The predicted molar refractivity (Wildman–Crippen MR) is 67.3 cm³/mol. The molecule has 4 heteroatoms. The van der Waals surface area contributed by atoms with Crippen molar-refractivity contribution in [2.45, 2.75) is 13.5 Å². The van der Waals surface area contributed by atoms with Crippen LogP contribution in [-0.2, 0) is 6.54 Å². The summed E-state index contributed by atoms with van der Waals surface area (Å²) in [7, 11) is 1.70. The van der Waals surface area contributed by atoms with Crippen LogP contribution in [0.3, 0.4) is 0 Å². The minimum atomic E-state index is -0.153. The summed E-state index contributed by atoms with van der Waals surface area (Å²) in [6, 6.07) is 10.0. The highest BCUT2D eigenvalue weighted by Crippen LogP contribution is 2.14. The lowest BCUT2D eigenvalue weighted by atomic mass is 10.2. The molecule has 1 aromatic heterocycles. The van der Waals surface area contributed by atoms with E-state index >= 15 is 0 Å². The lowest BCUT2D eigenvalue weighted by Gasteiger charge is -2.15. The van der Waals surface area contributed by atoms with Crippen LogP contribution in [0, 0.1) is 6.92 Å². The maximum Gasteiger partial charge on any atom is 0.254 e. The van der Waals surface area contributed by atoms with E-state index in [4.69, 9.17) is 4.42 Å². The Hall–Kier alpha value is -2.23. The standard InChI is InChI=1S/C14H15NO3/c1-10-6-7-13(18-10)9-15(2)14(17)11-4-3-5-12(16)8-11/h3-8,16H,9H2,1-2H3. The van der Waals surface area contributed by atoms with Crippen LogP contribution in [0.1, 0.15) is 21.9 Å². The van der Waals surface area contributed by atoms with Crippen molar-refractivity contribution < 1.29 is 14.3 Å². The van der Waals surface area contributed by atoms with Gasteiger partial charge in [0, 0.05) is 12.6 Å². The van der Waals surface area contributed by atoms with Crippen molar-refractivity contribution >= 4 is 5.91 Å². The molecular formula is C14H15NO3. The Balaban J connectivity index is 2.09. The van der Waals surface area contributed by atoms with Gasteiger partial charge in [-0.2, -0.15) is 0 Å². The monoisotopic (exact) mass is 245 g/mol. The van der Waals surface area contributed by atoms with E-state index < -0.39 is 0 Å². The number of amides is 1. The van der Waals surface area contributed by atoms with Gasteiger partial charge in [0.25, 0.3) is 5.91 Å². The summed E-state index contributed by atoms with van der Waals surface area (Å²) in [5, 5.41) is 9.35. The summed E-state index contributed by atoms with van der Waals surface area (Å²) in [6.07, 6.45) is 0. The van der Waals surface area contributed by atoms with Crippen molar-refractivity contribution in [3.63, 3.8) is 0 Å². The molecule has 1 heterocycles. The molecule has 1 amide bonds. The number of hydrogen-bond acceptors (Lipinski definition) is 3. The van der Waals surface area contributed by atoms with E-state index in [2.05, 4.69) is 0 Å². The molecule has 0 aliphatic carbocycles. The van der Waals surface area contributed by atoms with Gasteiger partial charge >= 0.3 is 0 Å². The molecule has 0 aliphatic rings. The first-order chi connectivity index (χ1) is 8.56. The summed E-state index contributed by atoms with van der Waals surface area (Å²) in [5.41, 5.74) is 0.459. The van der Waals surface area contributed by atoms with Gasteiger partial charge in [0.2, 0.25) is 0 Å². The SMILES string of the molecule is Cc1ccc(CN(C)C(=O)c2cccc(O)c2)o1. The second-order valence-corrected chi connectivity index (χ2v) is 4.22. The highest BCUT2D eigenvalue weighted by Gasteiger charge is 2.13. The number of aromatic hydroxyl groups is 1. The van der Waals surface area contributed by atoms with Crippen LogP contribution in [0.2, 0.25) is 0 Å². The van der Waals surface area contributed by atoms with Crippen LogP contribution in [-0.4, -0.2) is 23.0 Å². The zero-order chi connectivity index (χ0) is 13.1. The van der Waals surface area contributed by atoms with Gasteiger partial charge in [0.1, 0.15) is 17.3 Å². The van der Waals surface area contributed by atoms with Crippen LogP contribution >= 0.6 is 0 Å². The fourth-order valence-corrected chi connectivity index (χ4v) is 1.73. The molecule has 0 atom stereocenters. The molecule has 1 aromatic carbocycles. The zero-order valence-corrected chi connectivity index (χ0v) is 10.4. The third-order valence-electron chi connectivity index (χ3n) is 2.63. The van der Waals surface area contributed by atoms with Crippen LogP contribution < -0.4 is 0 Å².